The lowest BCUT2D eigenvalue weighted by Crippen LogP contribution is -2.50. The van der Waals surface area contributed by atoms with Crippen LogP contribution in [0.4, 0.5) is 5.69 Å². The van der Waals surface area contributed by atoms with Crippen LogP contribution in [-0.4, -0.2) is 64.2 Å². The number of carbonyl (C=O) groups is 2. The number of nitrogens with zero attached hydrogens (tertiary/aromatic N) is 2. The van der Waals surface area contributed by atoms with Gasteiger partial charge in [0.05, 0.1) is 11.9 Å². The molecule has 33 heavy (non-hydrogen) atoms. The van der Waals surface area contributed by atoms with Crippen molar-refractivity contribution in [1.29, 1.82) is 0 Å². The molecule has 2 aromatic carbocycles. The Hall–Kier alpha value is -2.98. The SMILES string of the molecule is CNC(=O)[C@@H](C)N(Cc1cccc(Cl)c1)C(=O)CN(c1ccc2c(c1)OCCO2)S(C)(=O)=O. The molecule has 1 atom stereocenters. The third kappa shape index (κ3) is 6.08. The second-order valence-electron chi connectivity index (χ2n) is 7.54. The summed E-state index contributed by atoms with van der Waals surface area (Å²) in [6, 6.07) is 10.7. The molecule has 2 aromatic rings. The Labute approximate surface area is 198 Å². The number of fused-ring (bicyclic) bond motifs is 1. The van der Waals surface area contributed by atoms with E-state index in [0.717, 1.165) is 10.6 Å². The van der Waals surface area contributed by atoms with E-state index < -0.39 is 28.5 Å². The molecule has 0 saturated heterocycles. The molecule has 1 aliphatic rings. The van der Waals surface area contributed by atoms with Crippen molar-refractivity contribution in [1.82, 2.24) is 10.2 Å². The van der Waals surface area contributed by atoms with Crippen molar-refractivity contribution in [2.75, 3.05) is 37.4 Å². The van der Waals surface area contributed by atoms with Gasteiger partial charge in [0.25, 0.3) is 0 Å². The van der Waals surface area contributed by atoms with Crippen LogP contribution in [0.3, 0.4) is 0 Å². The minimum absolute atomic E-state index is 0.0761. The van der Waals surface area contributed by atoms with Crippen LogP contribution in [0, 0.1) is 0 Å². The number of anilines is 1. The number of halogens is 1. The van der Waals surface area contributed by atoms with E-state index in [9.17, 15) is 18.0 Å². The van der Waals surface area contributed by atoms with Gasteiger partial charge in [-0.3, -0.25) is 13.9 Å². The average molecular weight is 496 g/mol. The second-order valence-corrected chi connectivity index (χ2v) is 9.88. The first-order valence-electron chi connectivity index (χ1n) is 10.2. The van der Waals surface area contributed by atoms with E-state index in [1.165, 1.54) is 18.0 Å². The number of benzene rings is 2. The summed E-state index contributed by atoms with van der Waals surface area (Å²) in [5.41, 5.74) is 0.960. The van der Waals surface area contributed by atoms with E-state index in [1.54, 1.807) is 43.3 Å². The lowest BCUT2D eigenvalue weighted by Gasteiger charge is -2.31. The molecule has 1 aliphatic heterocycles. The first-order valence-corrected chi connectivity index (χ1v) is 12.5. The van der Waals surface area contributed by atoms with E-state index in [1.807, 2.05) is 0 Å². The molecule has 9 nitrogen and oxygen atoms in total. The standard InChI is InChI=1S/C22H26ClN3O6S/c1-15(22(28)24-2)25(13-16-5-4-6-17(23)11-16)21(27)14-26(33(3,29)30)18-7-8-19-20(12-18)32-10-9-31-19/h4-8,11-12,15H,9-10,13-14H2,1-3H3,(H,24,28)/t15-/m1/s1. The van der Waals surface area contributed by atoms with Gasteiger partial charge in [-0.2, -0.15) is 0 Å². The lowest BCUT2D eigenvalue weighted by molar-refractivity contribution is -0.139. The summed E-state index contributed by atoms with van der Waals surface area (Å²) in [4.78, 5) is 27.0. The topological polar surface area (TPSA) is 105 Å². The number of hydrogen-bond acceptors (Lipinski definition) is 6. The maximum atomic E-state index is 13.4. The minimum Gasteiger partial charge on any atom is -0.486 e. The predicted octanol–water partition coefficient (Wildman–Crippen LogP) is 2.04. The molecule has 0 fully saturated rings. The van der Waals surface area contributed by atoms with Crippen LogP contribution in [0.15, 0.2) is 42.5 Å². The number of nitrogens with one attached hydrogen (secondary N) is 1. The summed E-state index contributed by atoms with van der Waals surface area (Å²) in [6.45, 7) is 1.89. The van der Waals surface area contributed by atoms with E-state index in [-0.39, 0.29) is 18.1 Å². The molecule has 11 heteroatoms. The van der Waals surface area contributed by atoms with Gasteiger partial charge < -0.3 is 19.7 Å². The molecule has 0 saturated carbocycles. The third-order valence-electron chi connectivity index (χ3n) is 5.15. The van der Waals surface area contributed by atoms with Crippen molar-refractivity contribution in [2.24, 2.45) is 0 Å². The molecule has 1 N–H and O–H groups in total. The Bertz CT molecular complexity index is 1140. The van der Waals surface area contributed by atoms with Crippen LogP contribution in [0.1, 0.15) is 12.5 Å². The maximum absolute atomic E-state index is 13.4. The summed E-state index contributed by atoms with van der Waals surface area (Å²) in [7, 11) is -2.37. The number of likely N-dealkylation sites (N-methyl/N-ethyl adjacent to an activating group) is 1. The zero-order valence-electron chi connectivity index (χ0n) is 18.6. The normalized spacial score (nSPS) is 13.7. The number of hydrogen-bond donors (Lipinski definition) is 1. The summed E-state index contributed by atoms with van der Waals surface area (Å²) < 4.78 is 37.2. The first kappa shape index (κ1) is 24.7. The minimum atomic E-state index is -3.84. The van der Waals surface area contributed by atoms with Gasteiger partial charge in [0.2, 0.25) is 21.8 Å². The first-order chi connectivity index (χ1) is 15.6. The number of carbonyl (C=O) groups excluding carboxylic acids is 2. The van der Waals surface area contributed by atoms with E-state index in [2.05, 4.69) is 5.32 Å². The van der Waals surface area contributed by atoms with Crippen LogP contribution in [-0.2, 0) is 26.2 Å². The maximum Gasteiger partial charge on any atom is 0.244 e. The Morgan fingerprint density at radius 2 is 1.82 bits per heavy atom. The van der Waals surface area contributed by atoms with Crippen LogP contribution >= 0.6 is 11.6 Å². The summed E-state index contributed by atoms with van der Waals surface area (Å²) in [5.74, 6) is -0.0306. The molecule has 0 unspecified atom stereocenters. The van der Waals surface area contributed by atoms with Crippen molar-refractivity contribution >= 4 is 39.1 Å². The van der Waals surface area contributed by atoms with Gasteiger partial charge in [0.1, 0.15) is 25.8 Å². The molecular weight excluding hydrogens is 470 g/mol. The Balaban J connectivity index is 1.92. The van der Waals surface area contributed by atoms with Gasteiger partial charge in [-0.1, -0.05) is 23.7 Å². The second kappa shape index (κ2) is 10.3. The molecule has 0 radical (unpaired) electrons. The molecule has 2 amide bonds. The van der Waals surface area contributed by atoms with Gasteiger partial charge in [0.15, 0.2) is 11.5 Å². The van der Waals surface area contributed by atoms with Gasteiger partial charge >= 0.3 is 0 Å². The number of rotatable bonds is 8. The monoisotopic (exact) mass is 495 g/mol. The fourth-order valence-electron chi connectivity index (χ4n) is 3.42. The predicted molar refractivity (Wildman–Crippen MR) is 125 cm³/mol. The van der Waals surface area contributed by atoms with Crippen molar-refractivity contribution in [3.05, 3.63) is 53.1 Å². The van der Waals surface area contributed by atoms with E-state index in [4.69, 9.17) is 21.1 Å². The molecule has 178 valence electrons. The quantitative estimate of drug-likeness (QED) is 0.601. The van der Waals surface area contributed by atoms with Crippen LogP contribution < -0.4 is 19.1 Å². The molecule has 0 spiro atoms. The zero-order valence-corrected chi connectivity index (χ0v) is 20.1. The highest BCUT2D eigenvalue weighted by Crippen LogP contribution is 2.34. The molecule has 3 rings (SSSR count). The highest BCUT2D eigenvalue weighted by atomic mass is 35.5. The van der Waals surface area contributed by atoms with Gasteiger partial charge in [-0.05, 0) is 36.8 Å². The largest absolute Gasteiger partial charge is 0.486 e. The smallest absolute Gasteiger partial charge is 0.244 e. The third-order valence-corrected chi connectivity index (χ3v) is 6.52. The van der Waals surface area contributed by atoms with Gasteiger partial charge in [-0.25, -0.2) is 8.42 Å². The fourth-order valence-corrected chi connectivity index (χ4v) is 4.48. The molecule has 0 bridgehead atoms. The Kier molecular flexibility index (Phi) is 7.70. The van der Waals surface area contributed by atoms with Gasteiger partial charge in [-0.15, -0.1) is 0 Å². The highest BCUT2D eigenvalue weighted by molar-refractivity contribution is 7.92. The molecule has 0 aliphatic carbocycles. The summed E-state index contributed by atoms with van der Waals surface area (Å²) >= 11 is 6.07. The Morgan fingerprint density at radius 3 is 2.45 bits per heavy atom. The molecule has 0 aromatic heterocycles. The van der Waals surface area contributed by atoms with Crippen LogP contribution in [0.2, 0.25) is 5.02 Å². The molecular formula is C22H26ClN3O6S. The van der Waals surface area contributed by atoms with Crippen molar-refractivity contribution in [3.63, 3.8) is 0 Å². The number of ether oxygens (including phenoxy) is 2. The average Bonchev–Trinajstić information content (AvgIpc) is 2.78. The van der Waals surface area contributed by atoms with Crippen LogP contribution in [0.25, 0.3) is 0 Å². The summed E-state index contributed by atoms with van der Waals surface area (Å²) in [5, 5.41) is 3.01. The number of sulfonamides is 1. The lowest BCUT2D eigenvalue weighted by atomic mass is 10.1. The van der Waals surface area contributed by atoms with Gasteiger partial charge in [0, 0.05) is 24.7 Å². The zero-order chi connectivity index (χ0) is 24.2. The van der Waals surface area contributed by atoms with E-state index in [0.29, 0.717) is 35.3 Å². The van der Waals surface area contributed by atoms with Crippen molar-refractivity contribution in [2.45, 2.75) is 19.5 Å². The summed E-state index contributed by atoms with van der Waals surface area (Å²) in [6.07, 6.45) is 1.01. The Morgan fingerprint density at radius 1 is 1.12 bits per heavy atom. The van der Waals surface area contributed by atoms with Crippen molar-refractivity contribution < 1.29 is 27.5 Å². The molecule has 1 heterocycles. The highest BCUT2D eigenvalue weighted by Gasteiger charge is 2.30. The fraction of sp³-hybridized carbons (Fsp3) is 0.364. The van der Waals surface area contributed by atoms with Crippen LogP contribution in [0.5, 0.6) is 11.5 Å². The van der Waals surface area contributed by atoms with Crippen molar-refractivity contribution in [3.8, 4) is 11.5 Å². The number of amides is 2. The van der Waals surface area contributed by atoms with E-state index >= 15 is 0 Å².